The summed E-state index contributed by atoms with van der Waals surface area (Å²) < 4.78 is 54.1. The molecule has 0 bridgehead atoms. The number of carbonyl (C=O) groups excluding carboxylic acids is 1. The molecule has 0 aliphatic rings. The van der Waals surface area contributed by atoms with Crippen molar-refractivity contribution in [1.29, 1.82) is 0 Å². The van der Waals surface area contributed by atoms with Crippen molar-refractivity contribution in [3.8, 4) is 0 Å². The minimum Gasteiger partial charge on any atom is -0.322 e. The molecule has 1 heterocycles. The van der Waals surface area contributed by atoms with E-state index in [9.17, 15) is 21.6 Å². The molecule has 2 N–H and O–H groups in total. The molecule has 33 heavy (non-hydrogen) atoms. The number of benzene rings is 2. The molecule has 0 unspecified atom stereocenters. The summed E-state index contributed by atoms with van der Waals surface area (Å²) >= 11 is 7.26. The van der Waals surface area contributed by atoms with Crippen LogP contribution < -0.4 is 10.0 Å². The Labute approximate surface area is 201 Å². The lowest BCUT2D eigenvalue weighted by molar-refractivity contribution is 0.102. The molecule has 1 amide bonds. The fourth-order valence-electron chi connectivity index (χ4n) is 2.91. The highest BCUT2D eigenvalue weighted by atomic mass is 35.5. The fourth-order valence-corrected chi connectivity index (χ4v) is 6.66. The van der Waals surface area contributed by atoms with E-state index >= 15 is 0 Å². The van der Waals surface area contributed by atoms with Gasteiger partial charge in [0.15, 0.2) is 5.13 Å². The van der Waals surface area contributed by atoms with Crippen LogP contribution in [0.25, 0.3) is 0 Å². The van der Waals surface area contributed by atoms with Crippen LogP contribution in [0.2, 0.25) is 5.02 Å². The molecule has 0 atom stereocenters. The first kappa shape index (κ1) is 25.1. The summed E-state index contributed by atoms with van der Waals surface area (Å²) in [6.45, 7) is 3.94. The molecule has 2 aromatic carbocycles. The lowest BCUT2D eigenvalue weighted by Crippen LogP contribution is -2.31. The van der Waals surface area contributed by atoms with Crippen molar-refractivity contribution in [2.75, 3.05) is 23.1 Å². The number of hydrogen-bond acceptors (Lipinski definition) is 7. The van der Waals surface area contributed by atoms with Crippen LogP contribution in [-0.4, -0.2) is 45.1 Å². The van der Waals surface area contributed by atoms with Gasteiger partial charge in [-0.1, -0.05) is 25.4 Å². The maximum Gasteiger partial charge on any atom is 0.263 e. The van der Waals surface area contributed by atoms with E-state index in [1.807, 2.05) is 0 Å². The van der Waals surface area contributed by atoms with Crippen molar-refractivity contribution >= 4 is 59.7 Å². The maximum atomic E-state index is 12.8. The summed E-state index contributed by atoms with van der Waals surface area (Å²) in [7, 11) is -7.68. The van der Waals surface area contributed by atoms with Gasteiger partial charge in [-0.2, -0.15) is 4.31 Å². The predicted molar refractivity (Wildman–Crippen MR) is 129 cm³/mol. The van der Waals surface area contributed by atoms with E-state index in [1.54, 1.807) is 19.2 Å². The second-order valence-corrected chi connectivity index (χ2v) is 11.5. The van der Waals surface area contributed by atoms with Gasteiger partial charge in [0.05, 0.1) is 9.92 Å². The summed E-state index contributed by atoms with van der Waals surface area (Å²) in [5.74, 6) is -0.570. The molecular formula is C20H21ClN4O5S3. The number of nitrogens with zero attached hydrogens (tertiary/aromatic N) is 2. The molecule has 13 heteroatoms. The highest BCUT2D eigenvalue weighted by Gasteiger charge is 2.25. The number of rotatable bonds is 9. The predicted octanol–water partition coefficient (Wildman–Crippen LogP) is 3.88. The molecule has 1 aromatic heterocycles. The number of hydrogen-bond donors (Lipinski definition) is 2. The topological polar surface area (TPSA) is 126 Å². The number of sulfonamides is 2. The largest absolute Gasteiger partial charge is 0.322 e. The molecule has 0 fully saturated rings. The molecular weight excluding hydrogens is 508 g/mol. The summed E-state index contributed by atoms with van der Waals surface area (Å²) in [5.41, 5.74) is 0.420. The SMILES string of the molecule is CCN(CC)S(=O)(=O)c1cc(C(=O)Nc2ccc(S(=O)(=O)Nc3nccs3)cc2)ccc1Cl. The zero-order valence-corrected chi connectivity index (χ0v) is 20.9. The van der Waals surface area contributed by atoms with Crippen LogP contribution in [-0.2, 0) is 20.0 Å². The van der Waals surface area contributed by atoms with Crippen LogP contribution in [0, 0.1) is 0 Å². The molecule has 0 radical (unpaired) electrons. The zero-order chi connectivity index (χ0) is 24.2. The Morgan fingerprint density at radius 2 is 1.73 bits per heavy atom. The molecule has 3 rings (SSSR count). The van der Waals surface area contributed by atoms with E-state index in [1.165, 1.54) is 53.0 Å². The average molecular weight is 529 g/mol. The van der Waals surface area contributed by atoms with Crippen molar-refractivity contribution in [1.82, 2.24) is 9.29 Å². The highest BCUT2D eigenvalue weighted by molar-refractivity contribution is 7.93. The molecule has 0 saturated carbocycles. The summed E-state index contributed by atoms with van der Waals surface area (Å²) in [6.07, 6.45) is 1.48. The van der Waals surface area contributed by atoms with Crippen LogP contribution in [0.5, 0.6) is 0 Å². The van der Waals surface area contributed by atoms with Crippen molar-refractivity contribution in [3.63, 3.8) is 0 Å². The maximum absolute atomic E-state index is 12.8. The standard InChI is InChI=1S/C20H21ClN4O5S3/c1-3-25(4-2)33(29,30)18-13-14(5-10-17(18)21)19(26)23-15-6-8-16(9-7-15)32(27,28)24-20-22-11-12-31-20/h5-13H,3-4H2,1-2H3,(H,22,24)(H,23,26). The Kier molecular flexibility index (Phi) is 7.75. The summed E-state index contributed by atoms with van der Waals surface area (Å²) in [4.78, 5) is 16.4. The Morgan fingerprint density at radius 3 is 2.30 bits per heavy atom. The minimum absolute atomic E-state index is 0.00482. The normalized spacial score (nSPS) is 12.0. The van der Waals surface area contributed by atoms with Gasteiger partial charge < -0.3 is 5.32 Å². The number of carbonyl (C=O) groups is 1. The van der Waals surface area contributed by atoms with Gasteiger partial charge in [-0.25, -0.2) is 21.8 Å². The van der Waals surface area contributed by atoms with E-state index in [0.717, 1.165) is 11.3 Å². The molecule has 9 nitrogen and oxygen atoms in total. The van der Waals surface area contributed by atoms with Crippen molar-refractivity contribution < 1.29 is 21.6 Å². The summed E-state index contributed by atoms with van der Waals surface area (Å²) in [5, 5.41) is 4.52. The van der Waals surface area contributed by atoms with Gasteiger partial charge in [0, 0.05) is 35.9 Å². The molecule has 0 aliphatic carbocycles. The Hall–Kier alpha value is -2.51. The number of anilines is 2. The van der Waals surface area contributed by atoms with E-state index in [-0.39, 0.29) is 38.6 Å². The van der Waals surface area contributed by atoms with E-state index < -0.39 is 26.0 Å². The van der Waals surface area contributed by atoms with Crippen LogP contribution in [0.3, 0.4) is 0 Å². The first-order valence-corrected chi connectivity index (χ1v) is 13.9. The average Bonchev–Trinajstić information content (AvgIpc) is 3.27. The lowest BCUT2D eigenvalue weighted by Gasteiger charge is -2.19. The quantitative estimate of drug-likeness (QED) is 0.434. The van der Waals surface area contributed by atoms with Gasteiger partial charge in [-0.3, -0.25) is 9.52 Å². The smallest absolute Gasteiger partial charge is 0.263 e. The van der Waals surface area contributed by atoms with Crippen LogP contribution in [0.4, 0.5) is 10.8 Å². The van der Waals surface area contributed by atoms with E-state index in [2.05, 4.69) is 15.0 Å². The van der Waals surface area contributed by atoms with Gasteiger partial charge in [0.2, 0.25) is 10.0 Å². The Balaban J connectivity index is 1.79. The number of halogens is 1. The second-order valence-electron chi connectivity index (χ2n) is 6.66. The Bertz CT molecular complexity index is 1340. The number of thiazole rings is 1. The Morgan fingerprint density at radius 1 is 1.06 bits per heavy atom. The molecule has 176 valence electrons. The second kappa shape index (κ2) is 10.2. The molecule has 0 saturated heterocycles. The van der Waals surface area contributed by atoms with Crippen LogP contribution in [0.15, 0.2) is 63.8 Å². The number of aromatic nitrogens is 1. The van der Waals surface area contributed by atoms with Gasteiger partial charge in [-0.05, 0) is 42.5 Å². The zero-order valence-electron chi connectivity index (χ0n) is 17.6. The van der Waals surface area contributed by atoms with Gasteiger partial charge in [-0.15, -0.1) is 11.3 Å². The number of nitrogens with one attached hydrogen (secondary N) is 2. The van der Waals surface area contributed by atoms with Crippen LogP contribution in [0.1, 0.15) is 24.2 Å². The minimum atomic E-state index is -3.86. The van der Waals surface area contributed by atoms with Crippen molar-refractivity contribution in [3.05, 3.63) is 64.6 Å². The van der Waals surface area contributed by atoms with Crippen LogP contribution >= 0.6 is 22.9 Å². The van der Waals surface area contributed by atoms with Crippen molar-refractivity contribution in [2.24, 2.45) is 0 Å². The molecule has 3 aromatic rings. The van der Waals surface area contributed by atoms with Gasteiger partial charge >= 0.3 is 0 Å². The first-order chi connectivity index (χ1) is 15.6. The molecule has 0 aliphatic heterocycles. The molecule has 0 spiro atoms. The first-order valence-electron chi connectivity index (χ1n) is 9.72. The lowest BCUT2D eigenvalue weighted by atomic mass is 10.2. The third-order valence-corrected chi connectivity index (χ3v) is 9.30. The third-order valence-electron chi connectivity index (χ3n) is 4.59. The third kappa shape index (κ3) is 5.71. The van der Waals surface area contributed by atoms with Crippen molar-refractivity contribution in [2.45, 2.75) is 23.6 Å². The fraction of sp³-hybridized carbons (Fsp3) is 0.200. The van der Waals surface area contributed by atoms with Gasteiger partial charge in [0.1, 0.15) is 4.90 Å². The van der Waals surface area contributed by atoms with E-state index in [4.69, 9.17) is 11.6 Å². The van der Waals surface area contributed by atoms with Gasteiger partial charge in [0.25, 0.3) is 15.9 Å². The monoisotopic (exact) mass is 528 g/mol. The number of amides is 1. The summed E-state index contributed by atoms with van der Waals surface area (Å²) in [6, 6.07) is 9.52. The van der Waals surface area contributed by atoms with E-state index in [0.29, 0.717) is 5.69 Å². The highest BCUT2D eigenvalue weighted by Crippen LogP contribution is 2.26.